The number of carbonyl (C=O) groups is 4. The van der Waals surface area contributed by atoms with Gasteiger partial charge < -0.3 is 25.2 Å². The van der Waals surface area contributed by atoms with Crippen molar-refractivity contribution in [2.45, 2.75) is 88.6 Å². The quantitative estimate of drug-likeness (QED) is 0.446. The van der Waals surface area contributed by atoms with Gasteiger partial charge in [-0.1, -0.05) is 67.1 Å². The Morgan fingerprint density at radius 2 is 1.45 bits per heavy atom. The largest absolute Gasteiger partial charge is 0.459 e. The van der Waals surface area contributed by atoms with Gasteiger partial charge in [-0.3, -0.25) is 14.4 Å². The maximum Gasteiger partial charge on any atom is 0.329 e. The molecule has 3 amide bonds. The summed E-state index contributed by atoms with van der Waals surface area (Å²) in [5, 5.41) is 6.33. The summed E-state index contributed by atoms with van der Waals surface area (Å²) in [5.74, 6) is -1.07. The van der Waals surface area contributed by atoms with Gasteiger partial charge in [0.25, 0.3) is 0 Å². The van der Waals surface area contributed by atoms with Gasteiger partial charge in [0.15, 0.2) is 0 Å². The molecule has 3 aliphatic rings. The highest BCUT2D eigenvalue weighted by Gasteiger charge is 2.41. The molecule has 0 spiro atoms. The minimum absolute atomic E-state index is 0.0266. The van der Waals surface area contributed by atoms with Gasteiger partial charge >= 0.3 is 5.97 Å². The molecule has 42 heavy (non-hydrogen) atoms. The van der Waals surface area contributed by atoms with E-state index in [0.717, 1.165) is 49.8 Å². The standard InChI is InChI=1S/C33H42N4O5/c38-30(28-17-8-10-20-36(28)31(39)26-16-7-9-19-34-26)35-27(22-24-12-3-1-4-13-24)32(40)37-21-11-18-29(37)33(41)42-23-25-14-5-2-6-15-25/h1-6,12-15,26-29,34H,7-11,16-23H2,(H,35,38)/t26-,27-,28+,29+/m1/s1. The van der Waals surface area contributed by atoms with E-state index < -0.39 is 24.1 Å². The number of likely N-dealkylation sites (tertiary alicyclic amines) is 2. The second-order valence-electron chi connectivity index (χ2n) is 11.6. The fourth-order valence-corrected chi connectivity index (χ4v) is 6.35. The smallest absolute Gasteiger partial charge is 0.329 e. The highest BCUT2D eigenvalue weighted by Crippen LogP contribution is 2.23. The summed E-state index contributed by atoms with van der Waals surface area (Å²) in [6.07, 6.45) is 6.57. The molecule has 0 aliphatic carbocycles. The highest BCUT2D eigenvalue weighted by atomic mass is 16.5. The number of piperidine rings is 2. The molecule has 5 rings (SSSR count). The van der Waals surface area contributed by atoms with Crippen LogP contribution < -0.4 is 10.6 Å². The fraction of sp³-hybridized carbons (Fsp3) is 0.515. The normalized spacial score (nSPS) is 23.2. The molecule has 0 radical (unpaired) electrons. The van der Waals surface area contributed by atoms with Crippen molar-refractivity contribution in [3.63, 3.8) is 0 Å². The van der Waals surface area contributed by atoms with E-state index in [2.05, 4.69) is 10.6 Å². The third-order valence-corrected chi connectivity index (χ3v) is 8.63. The van der Waals surface area contributed by atoms with Gasteiger partial charge in [0.2, 0.25) is 17.7 Å². The van der Waals surface area contributed by atoms with Gasteiger partial charge in [0, 0.05) is 19.5 Å². The van der Waals surface area contributed by atoms with Crippen molar-refractivity contribution < 1.29 is 23.9 Å². The number of rotatable bonds is 9. The van der Waals surface area contributed by atoms with Gasteiger partial charge in [-0.2, -0.15) is 0 Å². The van der Waals surface area contributed by atoms with Crippen molar-refractivity contribution in [2.24, 2.45) is 0 Å². The zero-order valence-electron chi connectivity index (χ0n) is 24.2. The summed E-state index contributed by atoms with van der Waals surface area (Å²) < 4.78 is 5.59. The Balaban J connectivity index is 1.30. The molecule has 3 aliphatic heterocycles. The Labute approximate surface area is 248 Å². The van der Waals surface area contributed by atoms with Crippen molar-refractivity contribution >= 4 is 23.7 Å². The molecular formula is C33H42N4O5. The van der Waals surface area contributed by atoms with Crippen molar-refractivity contribution in [3.8, 4) is 0 Å². The van der Waals surface area contributed by atoms with Crippen LogP contribution in [0.25, 0.3) is 0 Å². The summed E-state index contributed by atoms with van der Waals surface area (Å²) in [7, 11) is 0. The summed E-state index contributed by atoms with van der Waals surface area (Å²) in [6, 6.07) is 16.6. The number of ether oxygens (including phenoxy) is 1. The van der Waals surface area contributed by atoms with E-state index in [0.29, 0.717) is 38.8 Å². The lowest BCUT2D eigenvalue weighted by Gasteiger charge is -2.38. The molecule has 3 saturated heterocycles. The molecule has 0 bridgehead atoms. The lowest BCUT2D eigenvalue weighted by molar-refractivity contribution is -0.155. The van der Waals surface area contributed by atoms with E-state index in [1.807, 2.05) is 60.7 Å². The van der Waals surface area contributed by atoms with E-state index in [1.165, 1.54) is 0 Å². The molecule has 0 saturated carbocycles. The summed E-state index contributed by atoms with van der Waals surface area (Å²) in [6.45, 7) is 1.91. The molecule has 9 heteroatoms. The van der Waals surface area contributed by atoms with Crippen LogP contribution in [0, 0.1) is 0 Å². The van der Waals surface area contributed by atoms with Crippen LogP contribution in [0.4, 0.5) is 0 Å². The van der Waals surface area contributed by atoms with Gasteiger partial charge in [-0.15, -0.1) is 0 Å². The average molecular weight is 575 g/mol. The third-order valence-electron chi connectivity index (χ3n) is 8.63. The van der Waals surface area contributed by atoms with E-state index in [4.69, 9.17) is 4.74 Å². The fourth-order valence-electron chi connectivity index (χ4n) is 6.35. The number of nitrogens with one attached hydrogen (secondary N) is 2. The highest BCUT2D eigenvalue weighted by molar-refractivity contribution is 5.94. The monoisotopic (exact) mass is 574 g/mol. The average Bonchev–Trinajstić information content (AvgIpc) is 3.54. The van der Waals surface area contributed by atoms with Crippen LogP contribution >= 0.6 is 0 Å². The minimum atomic E-state index is -0.867. The number of carbonyl (C=O) groups excluding carboxylic acids is 4. The van der Waals surface area contributed by atoms with Gasteiger partial charge in [0.05, 0.1) is 6.04 Å². The molecule has 0 aromatic heterocycles. The Morgan fingerprint density at radius 3 is 2.17 bits per heavy atom. The number of benzene rings is 2. The maximum absolute atomic E-state index is 14.0. The topological polar surface area (TPSA) is 108 Å². The van der Waals surface area contributed by atoms with Crippen molar-refractivity contribution in [1.29, 1.82) is 0 Å². The zero-order chi connectivity index (χ0) is 29.3. The second-order valence-corrected chi connectivity index (χ2v) is 11.6. The van der Waals surface area contributed by atoms with Gasteiger partial charge in [-0.25, -0.2) is 4.79 Å². The summed E-state index contributed by atoms with van der Waals surface area (Å²) in [4.78, 5) is 57.6. The first-order valence-corrected chi connectivity index (χ1v) is 15.4. The molecule has 3 fully saturated rings. The third kappa shape index (κ3) is 7.37. The molecule has 2 N–H and O–H groups in total. The molecule has 224 valence electrons. The Kier molecular flexibility index (Phi) is 10.2. The van der Waals surface area contributed by atoms with E-state index >= 15 is 0 Å². The molecule has 2 aromatic carbocycles. The van der Waals surface area contributed by atoms with Crippen molar-refractivity contribution in [2.75, 3.05) is 19.6 Å². The molecule has 9 nitrogen and oxygen atoms in total. The van der Waals surface area contributed by atoms with Crippen molar-refractivity contribution in [3.05, 3.63) is 71.8 Å². The first-order chi connectivity index (χ1) is 20.5. The first kappa shape index (κ1) is 29.8. The number of nitrogens with zero attached hydrogens (tertiary/aromatic N) is 2. The maximum atomic E-state index is 14.0. The SMILES string of the molecule is O=C(N[C@H](Cc1ccccc1)C(=O)N1CCC[C@H]1C(=O)OCc1ccccc1)[C@@H]1CCCCN1C(=O)[C@H]1CCCCN1. The van der Waals surface area contributed by atoms with Crippen molar-refractivity contribution in [1.82, 2.24) is 20.4 Å². The molecule has 3 heterocycles. The Morgan fingerprint density at radius 1 is 0.786 bits per heavy atom. The first-order valence-electron chi connectivity index (χ1n) is 15.4. The number of hydrogen-bond donors (Lipinski definition) is 2. The molecule has 4 atom stereocenters. The Bertz CT molecular complexity index is 1220. The van der Waals surface area contributed by atoms with Crippen LogP contribution in [0.1, 0.15) is 62.5 Å². The molecule has 0 unspecified atom stereocenters. The van der Waals surface area contributed by atoms with Crippen LogP contribution in [-0.2, 0) is 36.9 Å². The lowest BCUT2D eigenvalue weighted by atomic mass is 9.96. The van der Waals surface area contributed by atoms with Crippen LogP contribution in [0.5, 0.6) is 0 Å². The van der Waals surface area contributed by atoms with Crippen LogP contribution in [-0.4, -0.2) is 77.3 Å². The molecule has 2 aromatic rings. The summed E-state index contributed by atoms with van der Waals surface area (Å²) in [5.41, 5.74) is 1.78. The van der Waals surface area contributed by atoms with Gasteiger partial charge in [-0.05, 0) is 62.6 Å². The van der Waals surface area contributed by atoms with Crippen LogP contribution in [0.15, 0.2) is 60.7 Å². The van der Waals surface area contributed by atoms with E-state index in [9.17, 15) is 19.2 Å². The van der Waals surface area contributed by atoms with E-state index in [1.54, 1.807) is 9.80 Å². The predicted octanol–water partition coefficient (Wildman–Crippen LogP) is 2.97. The summed E-state index contributed by atoms with van der Waals surface area (Å²) >= 11 is 0. The Hall–Kier alpha value is -3.72. The number of amides is 3. The minimum Gasteiger partial charge on any atom is -0.459 e. The number of hydrogen-bond acceptors (Lipinski definition) is 6. The predicted molar refractivity (Wildman–Crippen MR) is 158 cm³/mol. The van der Waals surface area contributed by atoms with E-state index in [-0.39, 0.29) is 30.4 Å². The lowest BCUT2D eigenvalue weighted by Crippen LogP contribution is -2.60. The van der Waals surface area contributed by atoms with Gasteiger partial charge in [0.1, 0.15) is 24.7 Å². The second kappa shape index (κ2) is 14.4. The number of esters is 1. The van der Waals surface area contributed by atoms with Crippen LogP contribution in [0.3, 0.4) is 0 Å². The molecular weight excluding hydrogens is 532 g/mol. The zero-order valence-corrected chi connectivity index (χ0v) is 24.2. The van der Waals surface area contributed by atoms with Crippen LogP contribution in [0.2, 0.25) is 0 Å².